The van der Waals surface area contributed by atoms with E-state index in [0.29, 0.717) is 11.0 Å². The van der Waals surface area contributed by atoms with Gasteiger partial charge < -0.3 is 0 Å². The lowest BCUT2D eigenvalue weighted by Gasteiger charge is -1.95. The summed E-state index contributed by atoms with van der Waals surface area (Å²) < 4.78 is 0. The number of alkyl halides is 1. The summed E-state index contributed by atoms with van der Waals surface area (Å²) in [5.74, 6) is 5.86. The van der Waals surface area contributed by atoms with Crippen LogP contribution in [0.4, 0.5) is 0 Å². The van der Waals surface area contributed by atoms with Crippen LogP contribution in [0.25, 0.3) is 0 Å². The number of aryl methyl sites for hydroxylation is 1. The molecule has 1 aromatic heterocycles. The Kier molecular flexibility index (Phi) is 3.40. The maximum absolute atomic E-state index is 5.78. The minimum Gasteiger partial charge on any atom is -0.243 e. The first kappa shape index (κ1) is 9.38. The first-order valence-electron chi connectivity index (χ1n) is 3.41. The summed E-state index contributed by atoms with van der Waals surface area (Å²) in [7, 11) is 0. The van der Waals surface area contributed by atoms with Crippen molar-refractivity contribution in [3.8, 4) is 11.8 Å². The van der Waals surface area contributed by atoms with E-state index >= 15 is 0 Å². The molecule has 1 aromatic rings. The van der Waals surface area contributed by atoms with E-state index in [9.17, 15) is 0 Å². The van der Waals surface area contributed by atoms with Crippen LogP contribution >= 0.6 is 23.2 Å². The number of aromatic nitrogens is 1. The predicted octanol–water partition coefficient (Wildman–Crippen LogP) is 2.63. The topological polar surface area (TPSA) is 12.9 Å². The molecule has 1 nitrogen and oxygen atoms in total. The second-order valence-corrected chi connectivity index (χ2v) is 2.91. The van der Waals surface area contributed by atoms with E-state index in [-0.39, 0.29) is 0 Å². The zero-order valence-corrected chi connectivity index (χ0v) is 8.08. The van der Waals surface area contributed by atoms with Crippen molar-refractivity contribution in [1.29, 1.82) is 0 Å². The van der Waals surface area contributed by atoms with E-state index in [1.165, 1.54) is 0 Å². The Balaban J connectivity index is 3.05. The van der Waals surface area contributed by atoms with Crippen LogP contribution in [0, 0.1) is 18.8 Å². The highest BCUT2D eigenvalue weighted by molar-refractivity contribution is 6.30. The van der Waals surface area contributed by atoms with Crippen LogP contribution in [0.3, 0.4) is 0 Å². The number of halogens is 2. The third-order valence-corrected chi connectivity index (χ3v) is 1.70. The molecule has 0 radical (unpaired) electrons. The lowest BCUT2D eigenvalue weighted by molar-refractivity contribution is 1.25. The fourth-order valence-corrected chi connectivity index (χ4v) is 0.986. The average molecular weight is 200 g/mol. The molecular weight excluding hydrogens is 193 g/mol. The quantitative estimate of drug-likeness (QED) is 0.356. The Bertz CT molecular complexity index is 336. The summed E-state index contributed by atoms with van der Waals surface area (Å²) >= 11 is 11.2. The van der Waals surface area contributed by atoms with Crippen molar-refractivity contribution in [3.05, 3.63) is 28.5 Å². The Morgan fingerprint density at radius 3 is 3.00 bits per heavy atom. The number of rotatable bonds is 0. The summed E-state index contributed by atoms with van der Waals surface area (Å²) in [5.41, 5.74) is 1.77. The lowest BCUT2D eigenvalue weighted by Crippen LogP contribution is -1.84. The minimum absolute atomic E-state index is 0.310. The van der Waals surface area contributed by atoms with Gasteiger partial charge in [-0.3, -0.25) is 0 Å². The highest BCUT2D eigenvalue weighted by Gasteiger charge is 1.96. The largest absolute Gasteiger partial charge is 0.243 e. The minimum atomic E-state index is 0.310. The molecule has 0 saturated carbocycles. The van der Waals surface area contributed by atoms with Gasteiger partial charge in [0.1, 0.15) is 5.15 Å². The lowest BCUT2D eigenvalue weighted by atomic mass is 10.2. The number of hydrogen-bond donors (Lipinski definition) is 0. The smallest absolute Gasteiger partial charge is 0.144 e. The molecule has 1 heterocycles. The Morgan fingerprint density at radius 2 is 2.33 bits per heavy atom. The van der Waals surface area contributed by atoms with Gasteiger partial charge in [0, 0.05) is 6.20 Å². The van der Waals surface area contributed by atoms with Crippen molar-refractivity contribution in [1.82, 2.24) is 4.98 Å². The second-order valence-electron chi connectivity index (χ2n) is 2.29. The van der Waals surface area contributed by atoms with E-state index in [1.54, 1.807) is 6.20 Å². The highest BCUT2D eigenvalue weighted by atomic mass is 35.5. The van der Waals surface area contributed by atoms with Gasteiger partial charge in [0.2, 0.25) is 0 Å². The monoisotopic (exact) mass is 199 g/mol. The van der Waals surface area contributed by atoms with Crippen LogP contribution < -0.4 is 0 Å². The molecule has 0 fully saturated rings. The van der Waals surface area contributed by atoms with E-state index in [0.717, 1.165) is 11.1 Å². The molecule has 0 atom stereocenters. The first-order chi connectivity index (χ1) is 5.74. The summed E-state index contributed by atoms with van der Waals surface area (Å²) in [5, 5.41) is 0.429. The van der Waals surface area contributed by atoms with Crippen molar-refractivity contribution in [3.63, 3.8) is 0 Å². The van der Waals surface area contributed by atoms with Crippen LogP contribution in [0.2, 0.25) is 5.15 Å². The Morgan fingerprint density at radius 1 is 1.58 bits per heavy atom. The van der Waals surface area contributed by atoms with Crippen molar-refractivity contribution in [2.75, 3.05) is 5.88 Å². The maximum atomic E-state index is 5.78. The molecule has 0 aliphatic carbocycles. The molecule has 0 aliphatic rings. The molecule has 3 heteroatoms. The molecule has 12 heavy (non-hydrogen) atoms. The van der Waals surface area contributed by atoms with Gasteiger partial charge in [0.15, 0.2) is 0 Å². The number of pyridine rings is 1. The van der Waals surface area contributed by atoms with Crippen molar-refractivity contribution in [2.24, 2.45) is 0 Å². The SMILES string of the molecule is Cc1cnc(Cl)c(C#CCCl)c1. The summed E-state index contributed by atoms with van der Waals surface area (Å²) in [4.78, 5) is 3.95. The first-order valence-corrected chi connectivity index (χ1v) is 4.32. The predicted molar refractivity (Wildman–Crippen MR) is 51.6 cm³/mol. The average Bonchev–Trinajstić information content (AvgIpc) is 2.07. The molecule has 0 saturated heterocycles. The van der Waals surface area contributed by atoms with Crippen LogP contribution in [-0.2, 0) is 0 Å². The van der Waals surface area contributed by atoms with Gasteiger partial charge in [0.25, 0.3) is 0 Å². The van der Waals surface area contributed by atoms with Crippen molar-refractivity contribution in [2.45, 2.75) is 6.92 Å². The molecule has 0 aliphatic heterocycles. The zero-order valence-electron chi connectivity index (χ0n) is 6.56. The van der Waals surface area contributed by atoms with Gasteiger partial charge in [-0.15, -0.1) is 11.6 Å². The molecule has 0 bridgehead atoms. The third-order valence-electron chi connectivity index (χ3n) is 1.27. The van der Waals surface area contributed by atoms with Gasteiger partial charge in [0.05, 0.1) is 11.4 Å². The molecule has 1 rings (SSSR count). The highest BCUT2D eigenvalue weighted by Crippen LogP contribution is 2.12. The molecule has 0 amide bonds. The van der Waals surface area contributed by atoms with Crippen LogP contribution in [0.15, 0.2) is 12.3 Å². The van der Waals surface area contributed by atoms with Gasteiger partial charge in [-0.2, -0.15) is 0 Å². The Labute approximate surface area is 81.7 Å². The second kappa shape index (κ2) is 4.35. The standard InChI is InChI=1S/C9H7Cl2N/c1-7-5-8(3-2-4-10)9(11)12-6-7/h5-6H,4H2,1H3. The summed E-state index contributed by atoms with van der Waals surface area (Å²) in [6.45, 7) is 1.94. The molecule has 0 unspecified atom stereocenters. The van der Waals surface area contributed by atoms with Crippen molar-refractivity contribution >= 4 is 23.2 Å². The zero-order chi connectivity index (χ0) is 8.97. The van der Waals surface area contributed by atoms with Crippen molar-refractivity contribution < 1.29 is 0 Å². The Hall–Kier alpha value is -0.710. The van der Waals surface area contributed by atoms with E-state index in [2.05, 4.69) is 16.8 Å². The molecule has 0 aromatic carbocycles. The van der Waals surface area contributed by atoms with Gasteiger partial charge >= 0.3 is 0 Å². The summed E-state index contributed by atoms with van der Waals surface area (Å²) in [6.07, 6.45) is 1.70. The molecular formula is C9H7Cl2N. The number of nitrogens with zero attached hydrogens (tertiary/aromatic N) is 1. The fourth-order valence-electron chi connectivity index (χ4n) is 0.769. The summed E-state index contributed by atoms with van der Waals surface area (Å²) in [6, 6.07) is 1.88. The number of hydrogen-bond acceptors (Lipinski definition) is 1. The third kappa shape index (κ3) is 2.41. The molecule has 0 N–H and O–H groups in total. The molecule has 62 valence electrons. The molecule has 0 spiro atoms. The van der Waals surface area contributed by atoms with Gasteiger partial charge in [-0.25, -0.2) is 4.98 Å². The van der Waals surface area contributed by atoms with Crippen LogP contribution in [0.5, 0.6) is 0 Å². The van der Waals surface area contributed by atoms with E-state index in [4.69, 9.17) is 23.2 Å². The van der Waals surface area contributed by atoms with E-state index in [1.807, 2.05) is 13.0 Å². The maximum Gasteiger partial charge on any atom is 0.144 e. The van der Waals surface area contributed by atoms with Crippen LogP contribution in [0.1, 0.15) is 11.1 Å². The van der Waals surface area contributed by atoms with Crippen LogP contribution in [-0.4, -0.2) is 10.9 Å². The normalized spacial score (nSPS) is 8.92. The van der Waals surface area contributed by atoms with Gasteiger partial charge in [-0.1, -0.05) is 23.4 Å². The van der Waals surface area contributed by atoms with Gasteiger partial charge in [-0.05, 0) is 18.6 Å². The fraction of sp³-hybridized carbons (Fsp3) is 0.222. The van der Waals surface area contributed by atoms with E-state index < -0.39 is 0 Å².